The summed E-state index contributed by atoms with van der Waals surface area (Å²) in [5.41, 5.74) is 1.11. The van der Waals surface area contributed by atoms with Gasteiger partial charge in [0.1, 0.15) is 0 Å². The van der Waals surface area contributed by atoms with Crippen LogP contribution in [0.1, 0.15) is 20.3 Å². The number of aliphatic hydroxyl groups excluding tert-OH is 1. The quantitative estimate of drug-likeness (QED) is 0.543. The van der Waals surface area contributed by atoms with E-state index in [-0.39, 0.29) is 6.61 Å². The summed E-state index contributed by atoms with van der Waals surface area (Å²) >= 11 is 0. The lowest BCUT2D eigenvalue weighted by molar-refractivity contribution is 0.307. The predicted octanol–water partition coefficient (Wildman–Crippen LogP) is 0.850. The smallest absolute Gasteiger partial charge is 0.0626 e. The lowest BCUT2D eigenvalue weighted by Crippen LogP contribution is -1.93. The van der Waals surface area contributed by atoms with Gasteiger partial charge < -0.3 is 5.11 Å². The standard InChI is InChI=1S/C6H13NO/c1-3-6(2)7-4-5-8/h8H,3-5H2,1-2H3. The SMILES string of the molecule is CCC(C)=NCCO. The summed E-state index contributed by atoms with van der Waals surface area (Å²) in [4.78, 5) is 4.03. The van der Waals surface area contributed by atoms with E-state index in [0.717, 1.165) is 12.1 Å². The first-order valence-electron chi connectivity index (χ1n) is 2.92. The highest BCUT2D eigenvalue weighted by Crippen LogP contribution is 1.82. The third-order valence-electron chi connectivity index (χ3n) is 0.993. The molecule has 0 rings (SSSR count). The van der Waals surface area contributed by atoms with E-state index in [4.69, 9.17) is 5.11 Å². The summed E-state index contributed by atoms with van der Waals surface area (Å²) < 4.78 is 0. The molecule has 0 aromatic heterocycles. The van der Waals surface area contributed by atoms with Gasteiger partial charge in [-0.2, -0.15) is 0 Å². The van der Waals surface area contributed by atoms with Gasteiger partial charge in [-0.3, -0.25) is 4.99 Å². The molecule has 0 radical (unpaired) electrons. The van der Waals surface area contributed by atoms with E-state index in [2.05, 4.69) is 11.9 Å². The summed E-state index contributed by atoms with van der Waals surface area (Å²) in [6.45, 7) is 4.74. The van der Waals surface area contributed by atoms with Crippen molar-refractivity contribution in [2.45, 2.75) is 20.3 Å². The van der Waals surface area contributed by atoms with Crippen LogP contribution in [0, 0.1) is 0 Å². The Bertz CT molecular complexity index is 78.6. The Morgan fingerprint density at radius 2 is 2.25 bits per heavy atom. The lowest BCUT2D eigenvalue weighted by Gasteiger charge is -1.90. The first-order chi connectivity index (χ1) is 3.81. The van der Waals surface area contributed by atoms with E-state index in [1.165, 1.54) is 0 Å². The molecule has 0 amide bonds. The molecule has 0 aromatic rings. The van der Waals surface area contributed by atoms with Crippen LogP contribution in [0.4, 0.5) is 0 Å². The highest BCUT2D eigenvalue weighted by molar-refractivity contribution is 5.81. The minimum Gasteiger partial charge on any atom is -0.394 e. The van der Waals surface area contributed by atoms with Gasteiger partial charge in [0.2, 0.25) is 0 Å². The summed E-state index contributed by atoms with van der Waals surface area (Å²) in [5.74, 6) is 0. The van der Waals surface area contributed by atoms with Crippen LogP contribution in [-0.2, 0) is 0 Å². The van der Waals surface area contributed by atoms with Crippen molar-refractivity contribution in [3.63, 3.8) is 0 Å². The fourth-order valence-corrected chi connectivity index (χ4v) is 0.353. The number of rotatable bonds is 3. The zero-order valence-electron chi connectivity index (χ0n) is 5.52. The van der Waals surface area contributed by atoms with Gasteiger partial charge in [0.05, 0.1) is 13.2 Å². The fourth-order valence-electron chi connectivity index (χ4n) is 0.353. The molecule has 2 nitrogen and oxygen atoms in total. The maximum Gasteiger partial charge on any atom is 0.0626 e. The highest BCUT2D eigenvalue weighted by atomic mass is 16.3. The minimum absolute atomic E-state index is 0.164. The molecule has 0 spiro atoms. The third-order valence-corrected chi connectivity index (χ3v) is 0.993. The van der Waals surface area contributed by atoms with Crippen LogP contribution in [0.5, 0.6) is 0 Å². The van der Waals surface area contributed by atoms with E-state index >= 15 is 0 Å². The molecule has 0 aliphatic rings. The molecule has 0 aliphatic carbocycles. The van der Waals surface area contributed by atoms with Crippen LogP contribution >= 0.6 is 0 Å². The van der Waals surface area contributed by atoms with E-state index in [1.807, 2.05) is 6.92 Å². The summed E-state index contributed by atoms with van der Waals surface area (Å²) in [6, 6.07) is 0. The molecule has 48 valence electrons. The summed E-state index contributed by atoms with van der Waals surface area (Å²) in [5, 5.41) is 8.30. The molecule has 0 atom stereocenters. The maximum atomic E-state index is 8.30. The van der Waals surface area contributed by atoms with E-state index in [9.17, 15) is 0 Å². The zero-order valence-corrected chi connectivity index (χ0v) is 5.52. The second kappa shape index (κ2) is 4.78. The minimum atomic E-state index is 0.164. The molecule has 0 aliphatic heterocycles. The van der Waals surface area contributed by atoms with Crippen LogP contribution < -0.4 is 0 Å². The van der Waals surface area contributed by atoms with Crippen LogP contribution in [0.2, 0.25) is 0 Å². The van der Waals surface area contributed by atoms with Crippen molar-refractivity contribution in [1.82, 2.24) is 0 Å². The van der Waals surface area contributed by atoms with Gasteiger partial charge in [-0.1, -0.05) is 6.92 Å². The molecule has 0 heterocycles. The first kappa shape index (κ1) is 7.63. The van der Waals surface area contributed by atoms with Gasteiger partial charge in [0, 0.05) is 5.71 Å². The molecule has 1 N–H and O–H groups in total. The van der Waals surface area contributed by atoms with Crippen molar-refractivity contribution in [3.05, 3.63) is 0 Å². The molecular weight excluding hydrogens is 102 g/mol. The second-order valence-electron chi connectivity index (χ2n) is 1.69. The van der Waals surface area contributed by atoms with Crippen LogP contribution in [0.25, 0.3) is 0 Å². The highest BCUT2D eigenvalue weighted by Gasteiger charge is 1.81. The lowest BCUT2D eigenvalue weighted by atomic mass is 10.3. The predicted molar refractivity (Wildman–Crippen MR) is 35.4 cm³/mol. The number of hydrogen-bond acceptors (Lipinski definition) is 2. The Morgan fingerprint density at radius 1 is 1.62 bits per heavy atom. The van der Waals surface area contributed by atoms with E-state index in [1.54, 1.807) is 0 Å². The average Bonchev–Trinajstić information content (AvgIpc) is 1.83. The Labute approximate surface area is 50.3 Å². The van der Waals surface area contributed by atoms with Crippen LogP contribution in [0.3, 0.4) is 0 Å². The van der Waals surface area contributed by atoms with Crippen molar-refractivity contribution in [2.24, 2.45) is 4.99 Å². The molecule has 0 saturated heterocycles. The van der Waals surface area contributed by atoms with Gasteiger partial charge in [-0.05, 0) is 13.3 Å². The van der Waals surface area contributed by atoms with E-state index in [0.29, 0.717) is 6.54 Å². The normalized spacial score (nSPS) is 12.1. The number of aliphatic hydroxyl groups is 1. The Hall–Kier alpha value is -0.370. The Balaban J connectivity index is 3.26. The van der Waals surface area contributed by atoms with Gasteiger partial charge in [-0.25, -0.2) is 0 Å². The van der Waals surface area contributed by atoms with E-state index < -0.39 is 0 Å². The van der Waals surface area contributed by atoms with Crippen molar-refractivity contribution in [1.29, 1.82) is 0 Å². The molecule has 0 saturated carbocycles. The number of nitrogens with zero attached hydrogens (tertiary/aromatic N) is 1. The van der Waals surface area contributed by atoms with Gasteiger partial charge >= 0.3 is 0 Å². The Morgan fingerprint density at radius 3 is 2.62 bits per heavy atom. The van der Waals surface area contributed by atoms with Gasteiger partial charge in [0.25, 0.3) is 0 Å². The largest absolute Gasteiger partial charge is 0.394 e. The summed E-state index contributed by atoms with van der Waals surface area (Å²) in [7, 11) is 0. The van der Waals surface area contributed by atoms with Crippen molar-refractivity contribution >= 4 is 5.71 Å². The van der Waals surface area contributed by atoms with Crippen molar-refractivity contribution in [2.75, 3.05) is 13.2 Å². The molecule has 0 bridgehead atoms. The summed E-state index contributed by atoms with van der Waals surface area (Å²) in [6.07, 6.45) is 0.986. The van der Waals surface area contributed by atoms with Crippen molar-refractivity contribution in [3.8, 4) is 0 Å². The second-order valence-corrected chi connectivity index (χ2v) is 1.69. The van der Waals surface area contributed by atoms with Crippen molar-refractivity contribution < 1.29 is 5.11 Å². The molecule has 8 heavy (non-hydrogen) atoms. The molecule has 0 aromatic carbocycles. The monoisotopic (exact) mass is 115 g/mol. The Kier molecular flexibility index (Phi) is 4.56. The van der Waals surface area contributed by atoms with Crippen LogP contribution in [-0.4, -0.2) is 24.0 Å². The van der Waals surface area contributed by atoms with Crippen LogP contribution in [0.15, 0.2) is 4.99 Å². The maximum absolute atomic E-state index is 8.30. The van der Waals surface area contributed by atoms with Gasteiger partial charge in [-0.15, -0.1) is 0 Å². The number of hydrogen-bond donors (Lipinski definition) is 1. The molecular formula is C6H13NO. The fraction of sp³-hybridized carbons (Fsp3) is 0.833. The third kappa shape index (κ3) is 3.81. The first-order valence-corrected chi connectivity index (χ1v) is 2.92. The topological polar surface area (TPSA) is 32.6 Å². The zero-order chi connectivity index (χ0) is 6.41. The number of aliphatic imine (C=N–C) groups is 1. The van der Waals surface area contributed by atoms with Gasteiger partial charge in [0.15, 0.2) is 0 Å². The average molecular weight is 115 g/mol. The molecule has 0 unspecified atom stereocenters. The molecule has 0 fully saturated rings. The molecule has 2 heteroatoms.